The van der Waals surface area contributed by atoms with Crippen LogP contribution >= 0.6 is 0 Å². The minimum absolute atomic E-state index is 0.0897. The predicted octanol–water partition coefficient (Wildman–Crippen LogP) is 1.31. The topological polar surface area (TPSA) is 93.0 Å². The minimum Gasteiger partial charge on any atom is -0.350 e. The number of carbonyl (C=O) groups excluding carboxylic acids is 2. The van der Waals surface area contributed by atoms with Gasteiger partial charge in [-0.05, 0) is 23.8 Å². The van der Waals surface area contributed by atoms with E-state index in [-0.39, 0.29) is 11.8 Å². The van der Waals surface area contributed by atoms with Crippen molar-refractivity contribution in [2.45, 2.75) is 25.8 Å². The average Bonchev–Trinajstić information content (AvgIpc) is 3.10. The Morgan fingerprint density at radius 1 is 1.17 bits per heavy atom. The van der Waals surface area contributed by atoms with Gasteiger partial charge in [-0.15, -0.1) is 0 Å². The van der Waals surface area contributed by atoms with Crippen molar-refractivity contribution in [1.29, 1.82) is 0 Å². The number of amides is 2. The first kappa shape index (κ1) is 19.8. The predicted molar refractivity (Wildman–Crippen MR) is 111 cm³/mol. The Kier molecular flexibility index (Phi) is 5.83. The molecule has 0 spiro atoms. The largest absolute Gasteiger partial charge is 0.350 e. The van der Waals surface area contributed by atoms with Crippen molar-refractivity contribution >= 4 is 11.8 Å². The molecular formula is C22H24N6O2. The molecule has 0 saturated heterocycles. The molecule has 0 radical (unpaired) electrons. The van der Waals surface area contributed by atoms with Gasteiger partial charge in [-0.1, -0.05) is 12.1 Å². The highest BCUT2D eigenvalue weighted by atomic mass is 16.2. The molecule has 3 aromatic heterocycles. The van der Waals surface area contributed by atoms with E-state index in [9.17, 15) is 9.59 Å². The van der Waals surface area contributed by atoms with Crippen molar-refractivity contribution in [3.8, 4) is 0 Å². The summed E-state index contributed by atoms with van der Waals surface area (Å²) in [6.07, 6.45) is 6.76. The van der Waals surface area contributed by atoms with Crippen LogP contribution in [0.25, 0.3) is 0 Å². The number of aryl methyl sites for hydroxylation is 1. The van der Waals surface area contributed by atoms with Gasteiger partial charge in [0.25, 0.3) is 5.91 Å². The van der Waals surface area contributed by atoms with Crippen LogP contribution < -0.4 is 5.32 Å². The molecule has 0 fully saturated rings. The Balaban J connectivity index is 1.39. The molecule has 0 unspecified atom stereocenters. The molecule has 8 nitrogen and oxygen atoms in total. The molecule has 0 atom stereocenters. The van der Waals surface area contributed by atoms with Gasteiger partial charge in [0.05, 0.1) is 12.1 Å². The van der Waals surface area contributed by atoms with Crippen LogP contribution in [-0.4, -0.2) is 49.6 Å². The molecule has 4 rings (SSSR count). The van der Waals surface area contributed by atoms with Gasteiger partial charge in [-0.3, -0.25) is 24.2 Å². The van der Waals surface area contributed by atoms with Crippen LogP contribution in [0.15, 0.2) is 48.9 Å². The van der Waals surface area contributed by atoms with Crippen LogP contribution in [0.3, 0.4) is 0 Å². The lowest BCUT2D eigenvalue weighted by molar-refractivity contribution is -0.131. The van der Waals surface area contributed by atoms with Gasteiger partial charge in [-0.2, -0.15) is 5.10 Å². The molecular weight excluding hydrogens is 380 g/mol. The van der Waals surface area contributed by atoms with Crippen LogP contribution in [0.5, 0.6) is 0 Å². The van der Waals surface area contributed by atoms with E-state index in [1.165, 1.54) is 0 Å². The van der Waals surface area contributed by atoms with E-state index in [1.54, 1.807) is 36.8 Å². The quantitative estimate of drug-likeness (QED) is 0.669. The van der Waals surface area contributed by atoms with Gasteiger partial charge in [0, 0.05) is 69.4 Å². The second-order valence-electron chi connectivity index (χ2n) is 7.32. The maximum absolute atomic E-state index is 12.8. The maximum atomic E-state index is 12.8. The number of hydrogen-bond acceptors (Lipinski definition) is 5. The average molecular weight is 404 g/mol. The number of fused-ring (bicyclic) bond motifs is 1. The van der Waals surface area contributed by atoms with E-state index in [0.717, 1.165) is 28.9 Å². The molecule has 8 heteroatoms. The van der Waals surface area contributed by atoms with Gasteiger partial charge < -0.3 is 10.2 Å². The SMILES string of the molecule is Cn1nc(CCNC(=O)c2ccccn2)c2c1CCN(C(=O)Cc1cccnc1)C2. The Labute approximate surface area is 175 Å². The first-order valence-corrected chi connectivity index (χ1v) is 10.0. The molecule has 1 N–H and O–H groups in total. The summed E-state index contributed by atoms with van der Waals surface area (Å²) in [6, 6.07) is 9.01. The second kappa shape index (κ2) is 8.86. The van der Waals surface area contributed by atoms with Gasteiger partial charge in [0.2, 0.25) is 5.91 Å². The monoisotopic (exact) mass is 404 g/mol. The van der Waals surface area contributed by atoms with E-state index in [0.29, 0.717) is 38.2 Å². The summed E-state index contributed by atoms with van der Waals surface area (Å²) in [5.41, 5.74) is 4.49. The van der Waals surface area contributed by atoms with E-state index < -0.39 is 0 Å². The zero-order valence-corrected chi connectivity index (χ0v) is 16.9. The molecule has 1 aliphatic heterocycles. The molecule has 0 saturated carbocycles. The molecule has 154 valence electrons. The van der Waals surface area contributed by atoms with E-state index in [1.807, 2.05) is 28.8 Å². The zero-order chi connectivity index (χ0) is 20.9. The molecule has 30 heavy (non-hydrogen) atoms. The standard InChI is InChI=1S/C22H24N6O2/c1-27-20-8-12-28(21(29)13-16-5-4-9-23-14-16)15-17(20)18(26-27)7-11-25-22(30)19-6-2-3-10-24-19/h2-6,9-10,14H,7-8,11-13,15H2,1H3,(H,25,30). The van der Waals surface area contributed by atoms with Gasteiger partial charge in [0.15, 0.2) is 0 Å². The number of nitrogens with one attached hydrogen (secondary N) is 1. The van der Waals surface area contributed by atoms with Gasteiger partial charge in [0.1, 0.15) is 5.69 Å². The third-order valence-electron chi connectivity index (χ3n) is 5.30. The maximum Gasteiger partial charge on any atom is 0.269 e. The van der Waals surface area contributed by atoms with Gasteiger partial charge in [-0.25, -0.2) is 0 Å². The summed E-state index contributed by atoms with van der Waals surface area (Å²) in [4.78, 5) is 35.0. The van der Waals surface area contributed by atoms with Crippen molar-refractivity contribution in [2.75, 3.05) is 13.1 Å². The first-order chi connectivity index (χ1) is 14.6. The van der Waals surface area contributed by atoms with Crippen LogP contribution in [0.1, 0.15) is 33.0 Å². The fourth-order valence-electron chi connectivity index (χ4n) is 3.75. The molecule has 0 bridgehead atoms. The number of carbonyl (C=O) groups is 2. The van der Waals surface area contributed by atoms with Crippen LogP contribution in [0.4, 0.5) is 0 Å². The van der Waals surface area contributed by atoms with E-state index in [2.05, 4.69) is 20.4 Å². The van der Waals surface area contributed by atoms with E-state index >= 15 is 0 Å². The molecule has 3 aromatic rings. The fraction of sp³-hybridized carbons (Fsp3) is 0.318. The smallest absolute Gasteiger partial charge is 0.269 e. The normalized spacial score (nSPS) is 13.0. The number of rotatable bonds is 6. The minimum atomic E-state index is -0.200. The highest BCUT2D eigenvalue weighted by Gasteiger charge is 2.26. The van der Waals surface area contributed by atoms with Crippen molar-refractivity contribution < 1.29 is 9.59 Å². The van der Waals surface area contributed by atoms with Crippen LogP contribution in [0, 0.1) is 0 Å². The molecule has 2 amide bonds. The summed E-state index contributed by atoms with van der Waals surface area (Å²) in [5, 5.41) is 7.53. The van der Waals surface area contributed by atoms with Gasteiger partial charge >= 0.3 is 0 Å². The number of hydrogen-bond donors (Lipinski definition) is 1. The number of pyridine rings is 2. The first-order valence-electron chi connectivity index (χ1n) is 10.0. The van der Waals surface area contributed by atoms with Crippen molar-refractivity contribution in [3.63, 3.8) is 0 Å². The molecule has 0 aliphatic carbocycles. The van der Waals surface area contributed by atoms with Crippen molar-refractivity contribution in [3.05, 3.63) is 77.1 Å². The Morgan fingerprint density at radius 3 is 2.83 bits per heavy atom. The lowest BCUT2D eigenvalue weighted by atomic mass is 10.0. The van der Waals surface area contributed by atoms with Crippen LogP contribution in [-0.2, 0) is 37.6 Å². The van der Waals surface area contributed by atoms with E-state index in [4.69, 9.17) is 0 Å². The molecule has 0 aromatic carbocycles. The van der Waals surface area contributed by atoms with Crippen LogP contribution in [0.2, 0.25) is 0 Å². The molecule has 1 aliphatic rings. The third-order valence-corrected chi connectivity index (χ3v) is 5.30. The Morgan fingerprint density at radius 2 is 2.07 bits per heavy atom. The summed E-state index contributed by atoms with van der Waals surface area (Å²) in [6.45, 7) is 1.69. The molecule has 4 heterocycles. The third kappa shape index (κ3) is 4.37. The highest BCUT2D eigenvalue weighted by Crippen LogP contribution is 2.23. The lowest BCUT2D eigenvalue weighted by Crippen LogP contribution is -2.37. The number of aromatic nitrogens is 4. The summed E-state index contributed by atoms with van der Waals surface area (Å²) in [5.74, 6) is -0.111. The fourth-order valence-corrected chi connectivity index (χ4v) is 3.75. The summed E-state index contributed by atoms with van der Waals surface area (Å²) >= 11 is 0. The van der Waals surface area contributed by atoms with Crippen molar-refractivity contribution in [2.24, 2.45) is 7.05 Å². The summed E-state index contributed by atoms with van der Waals surface area (Å²) in [7, 11) is 1.93. The highest BCUT2D eigenvalue weighted by molar-refractivity contribution is 5.92. The zero-order valence-electron chi connectivity index (χ0n) is 16.9. The summed E-state index contributed by atoms with van der Waals surface area (Å²) < 4.78 is 1.90. The van der Waals surface area contributed by atoms with Crippen molar-refractivity contribution in [1.82, 2.24) is 30.0 Å². The Bertz CT molecular complexity index is 1030. The Hall–Kier alpha value is -3.55. The lowest BCUT2D eigenvalue weighted by Gasteiger charge is -2.28. The number of nitrogens with zero attached hydrogens (tertiary/aromatic N) is 5. The second-order valence-corrected chi connectivity index (χ2v) is 7.32.